The van der Waals surface area contributed by atoms with E-state index in [2.05, 4.69) is 4.74 Å². The Morgan fingerprint density at radius 3 is 2.18 bits per heavy atom. The molecule has 0 amide bonds. The lowest BCUT2D eigenvalue weighted by molar-refractivity contribution is 0.0536. The van der Waals surface area contributed by atoms with Crippen molar-refractivity contribution >= 4 is 12.1 Å². The van der Waals surface area contributed by atoms with Gasteiger partial charge in [0.1, 0.15) is 5.60 Å². The van der Waals surface area contributed by atoms with Crippen LogP contribution in [0.4, 0.5) is 4.79 Å². The van der Waals surface area contributed by atoms with Gasteiger partial charge in [-0.3, -0.25) is 4.57 Å². The third kappa shape index (κ3) is 3.75. The fraction of sp³-hybridized carbons (Fsp3) is 0.294. The molecule has 22 heavy (non-hydrogen) atoms. The van der Waals surface area contributed by atoms with Gasteiger partial charge >= 0.3 is 12.1 Å². The van der Waals surface area contributed by atoms with Crippen LogP contribution in [0.1, 0.15) is 31.1 Å². The highest BCUT2D eigenvalue weighted by Gasteiger charge is 2.17. The van der Waals surface area contributed by atoms with Gasteiger partial charge in [0.2, 0.25) is 0 Å². The van der Waals surface area contributed by atoms with Crippen LogP contribution < -0.4 is 0 Å². The maximum atomic E-state index is 12.0. The molecule has 0 saturated carbocycles. The first kappa shape index (κ1) is 15.8. The second-order valence-electron chi connectivity index (χ2n) is 5.86. The molecule has 0 aliphatic rings. The summed E-state index contributed by atoms with van der Waals surface area (Å²) in [6, 6.07) is 8.80. The third-order valence-electron chi connectivity index (χ3n) is 2.94. The Morgan fingerprint density at radius 2 is 1.64 bits per heavy atom. The number of rotatable bonds is 2. The summed E-state index contributed by atoms with van der Waals surface area (Å²) < 4.78 is 11.4. The predicted octanol–water partition coefficient (Wildman–Crippen LogP) is 3.72. The average molecular weight is 301 g/mol. The van der Waals surface area contributed by atoms with Gasteiger partial charge in [-0.15, -0.1) is 0 Å². The molecule has 2 rings (SSSR count). The van der Waals surface area contributed by atoms with Gasteiger partial charge in [-0.25, -0.2) is 9.59 Å². The predicted molar refractivity (Wildman–Crippen MR) is 82.8 cm³/mol. The zero-order valence-corrected chi connectivity index (χ0v) is 13.1. The van der Waals surface area contributed by atoms with E-state index in [-0.39, 0.29) is 5.97 Å². The molecule has 2 aromatic rings. The van der Waals surface area contributed by atoms with E-state index >= 15 is 0 Å². The van der Waals surface area contributed by atoms with Gasteiger partial charge < -0.3 is 9.47 Å². The first-order valence-electron chi connectivity index (χ1n) is 6.90. The van der Waals surface area contributed by atoms with E-state index in [0.717, 1.165) is 11.1 Å². The molecule has 1 aromatic carbocycles. The molecule has 5 heteroatoms. The highest BCUT2D eigenvalue weighted by Crippen LogP contribution is 2.21. The van der Waals surface area contributed by atoms with E-state index in [0.29, 0.717) is 5.56 Å². The minimum Gasteiger partial charge on any atom is -0.465 e. The maximum Gasteiger partial charge on any atom is 0.418 e. The second-order valence-corrected chi connectivity index (χ2v) is 5.86. The van der Waals surface area contributed by atoms with Crippen molar-refractivity contribution in [3.63, 3.8) is 0 Å². The molecule has 0 saturated heterocycles. The molecule has 0 atom stereocenters. The SMILES string of the molecule is COC(=O)c1ccc(-c2ccn(C(=O)OC(C)(C)C)c2)cc1. The monoisotopic (exact) mass is 301 g/mol. The number of methoxy groups -OCH3 is 1. The lowest BCUT2D eigenvalue weighted by atomic mass is 10.1. The number of carbonyl (C=O) groups excluding carboxylic acids is 2. The Balaban J connectivity index is 2.18. The Bertz CT molecular complexity index is 677. The van der Waals surface area contributed by atoms with Crippen molar-refractivity contribution in [1.29, 1.82) is 0 Å². The summed E-state index contributed by atoms with van der Waals surface area (Å²) in [4.78, 5) is 23.4. The van der Waals surface area contributed by atoms with Crippen molar-refractivity contribution < 1.29 is 19.1 Å². The summed E-state index contributed by atoms with van der Waals surface area (Å²) in [6.07, 6.45) is 2.92. The molecule has 0 aliphatic heterocycles. The van der Waals surface area contributed by atoms with E-state index in [9.17, 15) is 9.59 Å². The van der Waals surface area contributed by atoms with Crippen LogP contribution in [0, 0.1) is 0 Å². The largest absolute Gasteiger partial charge is 0.465 e. The van der Waals surface area contributed by atoms with Crippen LogP contribution in [0.5, 0.6) is 0 Å². The van der Waals surface area contributed by atoms with Crippen molar-refractivity contribution in [2.45, 2.75) is 26.4 Å². The van der Waals surface area contributed by atoms with Crippen molar-refractivity contribution in [2.24, 2.45) is 0 Å². The number of nitrogens with zero attached hydrogens (tertiary/aromatic N) is 1. The Labute approximate surface area is 129 Å². The number of benzene rings is 1. The molecule has 116 valence electrons. The Kier molecular flexibility index (Phi) is 4.35. The first-order valence-corrected chi connectivity index (χ1v) is 6.90. The summed E-state index contributed by atoms with van der Waals surface area (Å²) in [5.41, 5.74) is 1.71. The third-order valence-corrected chi connectivity index (χ3v) is 2.94. The number of hydrogen-bond donors (Lipinski definition) is 0. The van der Waals surface area contributed by atoms with E-state index in [4.69, 9.17) is 4.74 Å². The van der Waals surface area contributed by atoms with Crippen LogP contribution in [0.3, 0.4) is 0 Å². The summed E-state index contributed by atoms with van der Waals surface area (Å²) in [6.45, 7) is 5.46. The molecule has 1 heterocycles. The van der Waals surface area contributed by atoms with Crippen molar-refractivity contribution in [3.8, 4) is 11.1 Å². The molecule has 0 bridgehead atoms. The minimum absolute atomic E-state index is 0.377. The fourth-order valence-corrected chi connectivity index (χ4v) is 1.91. The smallest absolute Gasteiger partial charge is 0.418 e. The summed E-state index contributed by atoms with van der Waals surface area (Å²) >= 11 is 0. The Morgan fingerprint density at radius 1 is 1.00 bits per heavy atom. The van der Waals surface area contributed by atoms with Gasteiger partial charge in [-0.1, -0.05) is 12.1 Å². The number of carbonyl (C=O) groups is 2. The molecule has 0 N–H and O–H groups in total. The van der Waals surface area contributed by atoms with Gasteiger partial charge in [0, 0.05) is 12.4 Å². The number of ether oxygens (including phenoxy) is 2. The summed E-state index contributed by atoms with van der Waals surface area (Å²) in [5.74, 6) is -0.377. The van der Waals surface area contributed by atoms with Gasteiger partial charge in [0.05, 0.1) is 12.7 Å². The molecule has 0 radical (unpaired) electrons. The maximum absolute atomic E-state index is 12.0. The lowest BCUT2D eigenvalue weighted by Gasteiger charge is -2.19. The van der Waals surface area contributed by atoms with Crippen molar-refractivity contribution in [3.05, 3.63) is 48.3 Å². The van der Waals surface area contributed by atoms with Crippen LogP contribution in [0.15, 0.2) is 42.7 Å². The van der Waals surface area contributed by atoms with Gasteiger partial charge in [-0.05, 0) is 50.1 Å². The van der Waals surface area contributed by atoms with E-state index in [1.54, 1.807) is 36.7 Å². The van der Waals surface area contributed by atoms with E-state index in [1.807, 2.05) is 26.8 Å². The molecule has 1 aromatic heterocycles. The minimum atomic E-state index is -0.538. The zero-order chi connectivity index (χ0) is 16.3. The molecule has 0 fully saturated rings. The number of aromatic nitrogens is 1. The average Bonchev–Trinajstić information content (AvgIpc) is 2.95. The normalized spacial score (nSPS) is 11.1. The van der Waals surface area contributed by atoms with E-state index in [1.165, 1.54) is 11.7 Å². The molecule has 0 spiro atoms. The second kappa shape index (κ2) is 6.05. The summed E-state index contributed by atoms with van der Waals surface area (Å²) in [7, 11) is 1.34. The van der Waals surface area contributed by atoms with Crippen LogP contribution in [-0.2, 0) is 9.47 Å². The first-order chi connectivity index (χ1) is 10.3. The topological polar surface area (TPSA) is 57.5 Å². The number of hydrogen-bond acceptors (Lipinski definition) is 4. The fourth-order valence-electron chi connectivity index (χ4n) is 1.91. The quantitative estimate of drug-likeness (QED) is 0.793. The van der Waals surface area contributed by atoms with Gasteiger partial charge in [0.15, 0.2) is 0 Å². The Hall–Kier alpha value is -2.56. The van der Waals surface area contributed by atoms with Crippen LogP contribution >= 0.6 is 0 Å². The highest BCUT2D eigenvalue weighted by atomic mass is 16.6. The lowest BCUT2D eigenvalue weighted by Crippen LogP contribution is -2.26. The van der Waals surface area contributed by atoms with Crippen LogP contribution in [0.25, 0.3) is 11.1 Å². The number of esters is 1. The van der Waals surface area contributed by atoms with Gasteiger partial charge in [-0.2, -0.15) is 0 Å². The highest BCUT2D eigenvalue weighted by molar-refractivity contribution is 5.90. The molecular formula is C17H19NO4. The van der Waals surface area contributed by atoms with E-state index < -0.39 is 11.7 Å². The molecule has 5 nitrogen and oxygen atoms in total. The van der Waals surface area contributed by atoms with Crippen molar-refractivity contribution in [2.75, 3.05) is 7.11 Å². The van der Waals surface area contributed by atoms with Crippen LogP contribution in [-0.4, -0.2) is 29.3 Å². The molecule has 0 unspecified atom stereocenters. The standard InChI is InChI=1S/C17H19NO4/c1-17(2,3)22-16(20)18-10-9-14(11-18)12-5-7-13(8-6-12)15(19)21-4/h5-11H,1-4H3. The zero-order valence-electron chi connectivity index (χ0n) is 13.1. The molecule has 0 aliphatic carbocycles. The molecular weight excluding hydrogens is 282 g/mol. The van der Waals surface area contributed by atoms with Crippen LogP contribution in [0.2, 0.25) is 0 Å². The van der Waals surface area contributed by atoms with Crippen molar-refractivity contribution in [1.82, 2.24) is 4.57 Å². The van der Waals surface area contributed by atoms with Gasteiger partial charge in [0.25, 0.3) is 0 Å². The summed E-state index contributed by atoms with van der Waals surface area (Å²) in [5, 5.41) is 0.